The number of aromatic amines is 1. The van der Waals surface area contributed by atoms with E-state index in [4.69, 9.17) is 16.6 Å². The maximum atomic E-state index is 6.42. The minimum atomic E-state index is 0.393. The molecule has 2 aliphatic heterocycles. The maximum Gasteiger partial charge on any atom is 0.114 e. The second-order valence-corrected chi connectivity index (χ2v) is 9.97. The van der Waals surface area contributed by atoms with Crippen LogP contribution >= 0.6 is 23.4 Å². The van der Waals surface area contributed by atoms with Crippen LogP contribution in [0.1, 0.15) is 51.1 Å². The van der Waals surface area contributed by atoms with Crippen molar-refractivity contribution in [3.8, 4) is 0 Å². The van der Waals surface area contributed by atoms with Crippen LogP contribution in [0.5, 0.6) is 0 Å². The molecule has 0 amide bonds. The van der Waals surface area contributed by atoms with Crippen LogP contribution in [-0.2, 0) is 0 Å². The number of aliphatic imine (C=N–C) groups is 1. The predicted octanol–water partition coefficient (Wildman–Crippen LogP) is 5.52. The molecule has 4 nitrogen and oxygen atoms in total. The van der Waals surface area contributed by atoms with Crippen molar-refractivity contribution >= 4 is 45.0 Å². The summed E-state index contributed by atoms with van der Waals surface area (Å²) in [5, 5.41) is 6.83. The summed E-state index contributed by atoms with van der Waals surface area (Å²) < 4.78 is 0. The molecule has 0 spiro atoms. The highest BCUT2D eigenvalue weighted by molar-refractivity contribution is 8.14. The largest absolute Gasteiger partial charge is 0.381 e. The number of thioether (sulfide) groups is 1. The molecule has 1 aliphatic carbocycles. The third-order valence-corrected chi connectivity index (χ3v) is 7.91. The highest BCUT2D eigenvalue weighted by atomic mass is 35.5. The smallest absolute Gasteiger partial charge is 0.114 e. The van der Waals surface area contributed by atoms with Gasteiger partial charge in [0.1, 0.15) is 5.04 Å². The summed E-state index contributed by atoms with van der Waals surface area (Å²) in [6.45, 7) is 4.81. The Bertz CT molecular complexity index is 880. The van der Waals surface area contributed by atoms with Crippen molar-refractivity contribution in [2.24, 2.45) is 4.99 Å². The average Bonchev–Trinajstić information content (AvgIpc) is 3.46. The molecular weight excluding hydrogens is 388 g/mol. The van der Waals surface area contributed by atoms with E-state index < -0.39 is 0 Å². The standard InChI is InChI=1S/C22H29ClN4S/c1-14(27-8-4-5-9-27)20-13-28-22(26-20)19-11-15-10-16(23)12-18(21(15)25-19)24-17-6-2-3-7-17/h10-12,14,17,20,24-25H,2-9,13H2,1H3/t14?,20-/m1/s1. The van der Waals surface area contributed by atoms with Crippen molar-refractivity contribution < 1.29 is 0 Å². The fourth-order valence-corrected chi connectivity index (χ4v) is 6.29. The number of benzene rings is 1. The lowest BCUT2D eigenvalue weighted by Crippen LogP contribution is -2.39. The third kappa shape index (κ3) is 3.69. The molecular formula is C22H29ClN4S. The maximum absolute atomic E-state index is 6.42. The predicted molar refractivity (Wildman–Crippen MR) is 122 cm³/mol. The van der Waals surface area contributed by atoms with Gasteiger partial charge in [-0.05, 0) is 63.9 Å². The Morgan fingerprint density at radius 1 is 1.18 bits per heavy atom. The second kappa shape index (κ2) is 7.92. The van der Waals surface area contributed by atoms with Gasteiger partial charge in [-0.2, -0.15) is 0 Å². The monoisotopic (exact) mass is 416 g/mol. The SMILES string of the molecule is CC([C@H]1CSC(c2cc3cc(Cl)cc(NC4CCCC4)c3[nH]2)=N1)N1CCCC1. The summed E-state index contributed by atoms with van der Waals surface area (Å²) >= 11 is 8.31. The Kier molecular flexibility index (Phi) is 5.33. The zero-order valence-electron chi connectivity index (χ0n) is 16.5. The summed E-state index contributed by atoms with van der Waals surface area (Å²) in [5.74, 6) is 1.08. The van der Waals surface area contributed by atoms with Gasteiger partial charge in [-0.25, -0.2) is 0 Å². The Labute approximate surface area is 176 Å². The number of hydrogen-bond acceptors (Lipinski definition) is 4. The van der Waals surface area contributed by atoms with Crippen molar-refractivity contribution in [2.45, 2.75) is 63.6 Å². The van der Waals surface area contributed by atoms with Gasteiger partial charge in [-0.15, -0.1) is 11.8 Å². The Morgan fingerprint density at radius 2 is 1.96 bits per heavy atom. The van der Waals surface area contributed by atoms with Gasteiger partial charge < -0.3 is 10.3 Å². The van der Waals surface area contributed by atoms with Gasteiger partial charge in [0.05, 0.1) is 22.9 Å². The van der Waals surface area contributed by atoms with Gasteiger partial charge in [-0.3, -0.25) is 9.89 Å². The van der Waals surface area contributed by atoms with Crippen molar-refractivity contribution in [2.75, 3.05) is 24.2 Å². The van der Waals surface area contributed by atoms with Gasteiger partial charge in [0.15, 0.2) is 0 Å². The first kappa shape index (κ1) is 18.8. The Morgan fingerprint density at radius 3 is 2.75 bits per heavy atom. The number of likely N-dealkylation sites (tertiary alicyclic amines) is 1. The molecule has 2 atom stereocenters. The van der Waals surface area contributed by atoms with E-state index >= 15 is 0 Å². The minimum absolute atomic E-state index is 0.393. The Hall–Kier alpha value is -1.17. The molecule has 0 bridgehead atoms. The molecule has 0 radical (unpaired) electrons. The van der Waals surface area contributed by atoms with Gasteiger partial charge in [-0.1, -0.05) is 24.4 Å². The quantitative estimate of drug-likeness (QED) is 0.674. The lowest BCUT2D eigenvalue weighted by molar-refractivity contribution is 0.237. The molecule has 2 aromatic rings. The van der Waals surface area contributed by atoms with E-state index in [1.807, 2.05) is 11.8 Å². The summed E-state index contributed by atoms with van der Waals surface area (Å²) in [5.41, 5.74) is 3.42. The molecule has 3 aliphatic rings. The zero-order chi connectivity index (χ0) is 19.1. The molecule has 6 heteroatoms. The van der Waals surface area contributed by atoms with Gasteiger partial charge >= 0.3 is 0 Å². The fraction of sp³-hybridized carbons (Fsp3) is 0.591. The van der Waals surface area contributed by atoms with E-state index in [1.54, 1.807) is 0 Å². The fourth-order valence-electron chi connectivity index (χ4n) is 4.90. The van der Waals surface area contributed by atoms with E-state index in [9.17, 15) is 0 Å². The number of rotatable bonds is 5. The van der Waals surface area contributed by atoms with Crippen LogP contribution in [0.3, 0.4) is 0 Å². The lowest BCUT2D eigenvalue weighted by atomic mass is 10.1. The van der Waals surface area contributed by atoms with E-state index in [-0.39, 0.29) is 0 Å². The first-order chi connectivity index (χ1) is 13.7. The molecule has 1 aromatic carbocycles. The molecule has 3 heterocycles. The first-order valence-corrected chi connectivity index (χ1v) is 12.1. The topological polar surface area (TPSA) is 43.4 Å². The van der Waals surface area contributed by atoms with Crippen LogP contribution in [0.25, 0.3) is 10.9 Å². The molecule has 5 rings (SSSR count). The third-order valence-electron chi connectivity index (χ3n) is 6.59. The molecule has 2 N–H and O–H groups in total. The van der Waals surface area contributed by atoms with Crippen molar-refractivity contribution in [1.82, 2.24) is 9.88 Å². The lowest BCUT2D eigenvalue weighted by Gasteiger charge is -2.26. The van der Waals surface area contributed by atoms with Crippen LogP contribution in [0.4, 0.5) is 5.69 Å². The number of aromatic nitrogens is 1. The van der Waals surface area contributed by atoms with Crippen molar-refractivity contribution in [3.05, 3.63) is 28.9 Å². The highest BCUT2D eigenvalue weighted by Gasteiger charge is 2.30. The molecule has 1 aromatic heterocycles. The van der Waals surface area contributed by atoms with E-state index in [1.165, 1.54) is 57.0 Å². The zero-order valence-corrected chi connectivity index (χ0v) is 18.1. The van der Waals surface area contributed by atoms with Crippen LogP contribution in [0.15, 0.2) is 23.2 Å². The van der Waals surface area contributed by atoms with Crippen molar-refractivity contribution in [3.63, 3.8) is 0 Å². The first-order valence-electron chi connectivity index (χ1n) is 10.7. The summed E-state index contributed by atoms with van der Waals surface area (Å²) in [4.78, 5) is 11.4. The highest BCUT2D eigenvalue weighted by Crippen LogP contribution is 2.34. The number of nitrogens with zero attached hydrogens (tertiary/aromatic N) is 2. The molecule has 1 saturated heterocycles. The number of halogens is 1. The molecule has 1 unspecified atom stereocenters. The van der Waals surface area contributed by atoms with E-state index in [0.29, 0.717) is 18.1 Å². The van der Waals surface area contributed by atoms with Crippen LogP contribution in [-0.4, -0.2) is 51.9 Å². The van der Waals surface area contributed by atoms with Gasteiger partial charge in [0.25, 0.3) is 0 Å². The van der Waals surface area contributed by atoms with Gasteiger partial charge in [0, 0.05) is 28.2 Å². The van der Waals surface area contributed by atoms with Crippen molar-refractivity contribution in [1.29, 1.82) is 0 Å². The summed E-state index contributed by atoms with van der Waals surface area (Å²) in [6, 6.07) is 7.83. The number of fused-ring (bicyclic) bond motifs is 1. The van der Waals surface area contributed by atoms with Gasteiger partial charge in [0.2, 0.25) is 0 Å². The average molecular weight is 417 g/mol. The number of nitrogens with one attached hydrogen (secondary N) is 2. The summed E-state index contributed by atoms with van der Waals surface area (Å²) in [6.07, 6.45) is 7.81. The number of hydrogen-bond donors (Lipinski definition) is 2. The normalized spacial score (nSPS) is 24.9. The van der Waals surface area contributed by atoms with Crippen LogP contribution in [0, 0.1) is 0 Å². The minimum Gasteiger partial charge on any atom is -0.381 e. The molecule has 1 saturated carbocycles. The Balaban J connectivity index is 1.40. The van der Waals surface area contributed by atoms with E-state index in [0.717, 1.165) is 32.7 Å². The summed E-state index contributed by atoms with van der Waals surface area (Å²) in [7, 11) is 0. The van der Waals surface area contributed by atoms with Crippen LogP contribution < -0.4 is 5.32 Å². The van der Waals surface area contributed by atoms with E-state index in [2.05, 4.69) is 40.3 Å². The number of H-pyrrole nitrogens is 1. The molecule has 150 valence electrons. The second-order valence-electron chi connectivity index (χ2n) is 8.52. The molecule has 2 fully saturated rings. The molecule has 28 heavy (non-hydrogen) atoms. The van der Waals surface area contributed by atoms with Crippen LogP contribution in [0.2, 0.25) is 5.02 Å². The number of anilines is 1.